The Balaban J connectivity index is 0.000000406. The Morgan fingerprint density at radius 3 is 2.20 bits per heavy atom. The van der Waals surface area contributed by atoms with Gasteiger partial charge in [-0.05, 0) is 42.7 Å². The molecule has 1 fully saturated rings. The van der Waals surface area contributed by atoms with Crippen LogP contribution < -0.4 is 10.3 Å². The minimum absolute atomic E-state index is 0.0267. The maximum atomic E-state index is 12.1. The third kappa shape index (κ3) is 7.68. The quantitative estimate of drug-likeness (QED) is 0.343. The van der Waals surface area contributed by atoms with Gasteiger partial charge in [0.1, 0.15) is 5.82 Å². The summed E-state index contributed by atoms with van der Waals surface area (Å²) in [6.07, 6.45) is 4.16. The molecule has 2 aromatic carbocycles. The molecule has 2 N–H and O–H groups in total. The number of aliphatic carboxylic acids is 2. The highest BCUT2D eigenvalue weighted by atomic mass is 16.4. The van der Waals surface area contributed by atoms with Gasteiger partial charge in [0.15, 0.2) is 5.43 Å². The SMILES string of the molecule is Cc1ccc(CN2CCCN(c3cc(-c4ccccc4)c4ccc(=O)ccn34)CC2)cc1.O=C(O)/C=C\C(=O)O. The zero-order chi connectivity index (χ0) is 28.5. The van der Waals surface area contributed by atoms with Crippen molar-refractivity contribution in [3.63, 3.8) is 0 Å². The summed E-state index contributed by atoms with van der Waals surface area (Å²) in [4.78, 5) is 36.2. The number of aromatic nitrogens is 1. The van der Waals surface area contributed by atoms with E-state index in [0.717, 1.165) is 56.0 Å². The molecule has 5 rings (SSSR count). The molecule has 40 heavy (non-hydrogen) atoms. The lowest BCUT2D eigenvalue weighted by Gasteiger charge is -2.23. The van der Waals surface area contributed by atoms with Gasteiger partial charge < -0.3 is 19.5 Å². The van der Waals surface area contributed by atoms with E-state index in [4.69, 9.17) is 10.2 Å². The van der Waals surface area contributed by atoms with Crippen molar-refractivity contribution >= 4 is 23.3 Å². The lowest BCUT2D eigenvalue weighted by atomic mass is 10.1. The van der Waals surface area contributed by atoms with E-state index in [1.54, 1.807) is 12.1 Å². The van der Waals surface area contributed by atoms with E-state index < -0.39 is 11.9 Å². The number of carboxylic acid groups (broad SMARTS) is 2. The molecule has 0 aliphatic carbocycles. The summed E-state index contributed by atoms with van der Waals surface area (Å²) in [7, 11) is 0. The fourth-order valence-electron chi connectivity index (χ4n) is 4.76. The molecule has 0 spiro atoms. The molecule has 0 bridgehead atoms. The molecular weight excluding hydrogens is 506 g/mol. The van der Waals surface area contributed by atoms with Crippen LogP contribution in [-0.2, 0) is 16.1 Å². The van der Waals surface area contributed by atoms with Crippen molar-refractivity contribution in [3.05, 3.63) is 119 Å². The van der Waals surface area contributed by atoms with Crippen LogP contribution in [0.4, 0.5) is 5.82 Å². The number of benzene rings is 2. The number of fused-ring (bicyclic) bond motifs is 1. The van der Waals surface area contributed by atoms with Crippen molar-refractivity contribution in [1.29, 1.82) is 0 Å². The second kappa shape index (κ2) is 13.4. The van der Waals surface area contributed by atoms with Gasteiger partial charge in [-0.3, -0.25) is 9.69 Å². The summed E-state index contributed by atoms with van der Waals surface area (Å²) in [5.41, 5.74) is 6.11. The third-order valence-corrected chi connectivity index (χ3v) is 6.74. The molecule has 8 nitrogen and oxygen atoms in total. The van der Waals surface area contributed by atoms with Crippen LogP contribution in [0.3, 0.4) is 0 Å². The maximum Gasteiger partial charge on any atom is 0.328 e. The second-order valence-corrected chi connectivity index (χ2v) is 9.70. The lowest BCUT2D eigenvalue weighted by Crippen LogP contribution is -2.31. The van der Waals surface area contributed by atoms with Crippen LogP contribution >= 0.6 is 0 Å². The second-order valence-electron chi connectivity index (χ2n) is 9.70. The molecule has 1 saturated heterocycles. The molecule has 0 saturated carbocycles. The van der Waals surface area contributed by atoms with Crippen LogP contribution in [0.1, 0.15) is 17.5 Å². The minimum Gasteiger partial charge on any atom is -0.478 e. The van der Waals surface area contributed by atoms with Gasteiger partial charge in [0.25, 0.3) is 0 Å². The largest absolute Gasteiger partial charge is 0.478 e. The number of hydrogen-bond acceptors (Lipinski definition) is 5. The summed E-state index contributed by atoms with van der Waals surface area (Å²) < 4.78 is 2.18. The number of carbonyl (C=O) groups is 2. The maximum absolute atomic E-state index is 12.1. The van der Waals surface area contributed by atoms with Gasteiger partial charge in [0.2, 0.25) is 0 Å². The van der Waals surface area contributed by atoms with Crippen LogP contribution in [-0.4, -0.2) is 57.6 Å². The number of rotatable bonds is 6. The van der Waals surface area contributed by atoms with E-state index >= 15 is 0 Å². The van der Waals surface area contributed by atoms with Crippen molar-refractivity contribution in [2.75, 3.05) is 31.1 Å². The first-order valence-corrected chi connectivity index (χ1v) is 13.2. The molecule has 0 atom stereocenters. The van der Waals surface area contributed by atoms with Crippen LogP contribution in [0.2, 0.25) is 0 Å². The van der Waals surface area contributed by atoms with Crippen molar-refractivity contribution in [1.82, 2.24) is 9.30 Å². The van der Waals surface area contributed by atoms with Crippen molar-refractivity contribution in [3.8, 4) is 11.1 Å². The number of nitrogens with zero attached hydrogens (tertiary/aromatic N) is 3. The van der Waals surface area contributed by atoms with Gasteiger partial charge in [-0.1, -0.05) is 60.2 Å². The number of anilines is 1. The molecule has 0 amide bonds. The van der Waals surface area contributed by atoms with Gasteiger partial charge in [-0.15, -0.1) is 0 Å². The van der Waals surface area contributed by atoms with Gasteiger partial charge in [-0.2, -0.15) is 0 Å². The van der Waals surface area contributed by atoms with E-state index in [1.807, 2.05) is 18.3 Å². The normalized spacial score (nSPS) is 14.0. The van der Waals surface area contributed by atoms with E-state index in [-0.39, 0.29) is 5.43 Å². The monoisotopic (exact) mass is 539 g/mol. The van der Waals surface area contributed by atoms with Crippen LogP contribution in [0, 0.1) is 6.92 Å². The number of hydrogen-bond donors (Lipinski definition) is 2. The molecule has 8 heteroatoms. The van der Waals surface area contributed by atoms with Crippen LogP contribution in [0.25, 0.3) is 16.6 Å². The fourth-order valence-corrected chi connectivity index (χ4v) is 4.76. The third-order valence-electron chi connectivity index (χ3n) is 6.74. The Morgan fingerprint density at radius 1 is 0.825 bits per heavy atom. The standard InChI is InChI=1S/C28H29N3O.C4H4O4/c1-22-8-10-23(11-9-22)21-29-15-5-16-30(19-18-29)28-20-26(24-6-3-2-4-7-24)27-13-12-25(32)14-17-31(27)28;5-3(6)1-2-4(7)8/h2-4,6-14,17,20H,5,15-16,18-19,21H2,1H3;1-2H,(H,5,6)(H,7,8)/b;2-1-. The van der Waals surface area contributed by atoms with Gasteiger partial charge in [0, 0.05) is 62.7 Å². The molecule has 0 unspecified atom stereocenters. The molecule has 206 valence electrons. The van der Waals surface area contributed by atoms with Crippen LogP contribution in [0.5, 0.6) is 0 Å². The number of aryl methyl sites for hydroxylation is 1. The molecular formula is C32H33N3O5. The van der Waals surface area contributed by atoms with Gasteiger partial charge >= 0.3 is 11.9 Å². The summed E-state index contributed by atoms with van der Waals surface area (Å²) in [5, 5.41) is 15.6. The fraction of sp³-hybridized carbons (Fsp3) is 0.219. The first kappa shape index (κ1) is 28.3. The Morgan fingerprint density at radius 2 is 1.52 bits per heavy atom. The van der Waals surface area contributed by atoms with E-state index in [1.165, 1.54) is 16.7 Å². The molecule has 1 aliphatic heterocycles. The molecule has 0 radical (unpaired) electrons. The Labute approximate surface area is 233 Å². The van der Waals surface area contributed by atoms with Crippen molar-refractivity contribution < 1.29 is 19.8 Å². The predicted octanol–water partition coefficient (Wildman–Crippen LogP) is 4.70. The number of carboxylic acids is 2. The van der Waals surface area contributed by atoms with Crippen LogP contribution in [0.15, 0.2) is 102 Å². The Kier molecular flexibility index (Phi) is 9.48. The highest BCUT2D eigenvalue weighted by Crippen LogP contribution is 2.32. The Bertz CT molecular complexity index is 1530. The van der Waals surface area contributed by atoms with E-state index in [9.17, 15) is 14.4 Å². The predicted molar refractivity (Wildman–Crippen MR) is 157 cm³/mol. The highest BCUT2D eigenvalue weighted by molar-refractivity contribution is 5.89. The Hall–Kier alpha value is -4.69. The minimum atomic E-state index is -1.26. The summed E-state index contributed by atoms with van der Waals surface area (Å²) >= 11 is 0. The van der Waals surface area contributed by atoms with Gasteiger partial charge in [0.05, 0.1) is 5.52 Å². The first-order chi connectivity index (χ1) is 19.3. The summed E-state index contributed by atoms with van der Waals surface area (Å²) in [6, 6.07) is 26.9. The molecule has 2 aromatic heterocycles. The summed E-state index contributed by atoms with van der Waals surface area (Å²) in [5.74, 6) is -1.36. The average Bonchev–Trinajstić information content (AvgIpc) is 3.05. The summed E-state index contributed by atoms with van der Waals surface area (Å²) in [6.45, 7) is 7.22. The average molecular weight is 540 g/mol. The van der Waals surface area contributed by atoms with Crippen molar-refractivity contribution in [2.45, 2.75) is 19.9 Å². The molecule has 1 aliphatic rings. The lowest BCUT2D eigenvalue weighted by molar-refractivity contribution is -0.134. The van der Waals surface area contributed by atoms with E-state index in [0.29, 0.717) is 12.2 Å². The first-order valence-electron chi connectivity index (χ1n) is 13.2. The zero-order valence-electron chi connectivity index (χ0n) is 22.4. The molecule has 4 aromatic rings. The smallest absolute Gasteiger partial charge is 0.328 e. The highest BCUT2D eigenvalue weighted by Gasteiger charge is 2.19. The zero-order valence-corrected chi connectivity index (χ0v) is 22.4. The topological polar surface area (TPSA) is 103 Å². The van der Waals surface area contributed by atoms with E-state index in [2.05, 4.69) is 75.7 Å². The molecule has 3 heterocycles. The van der Waals surface area contributed by atoms with Crippen molar-refractivity contribution in [2.24, 2.45) is 0 Å². The van der Waals surface area contributed by atoms with Gasteiger partial charge in [-0.25, -0.2) is 9.59 Å².